The Hall–Kier alpha value is -2.54. The largest absolute Gasteiger partial charge is 0.484 e. The van der Waals surface area contributed by atoms with Gasteiger partial charge in [-0.25, -0.2) is 0 Å². The van der Waals surface area contributed by atoms with Gasteiger partial charge in [-0.3, -0.25) is 9.20 Å². The molecule has 0 aliphatic rings. The SMILES string of the molecule is CSCCC(NC(=O)COc1ccc(C(C)C)cc1)c1nnc2ccccn12. The van der Waals surface area contributed by atoms with Crippen LogP contribution in [-0.4, -0.2) is 39.1 Å². The second-order valence-electron chi connectivity index (χ2n) is 6.90. The summed E-state index contributed by atoms with van der Waals surface area (Å²) in [6, 6.07) is 13.4. The van der Waals surface area contributed by atoms with Gasteiger partial charge in [0.15, 0.2) is 18.1 Å². The maximum Gasteiger partial charge on any atom is 0.258 e. The van der Waals surface area contributed by atoms with Crippen LogP contribution in [0.25, 0.3) is 5.65 Å². The zero-order valence-electron chi connectivity index (χ0n) is 16.5. The van der Waals surface area contributed by atoms with Crippen LogP contribution in [0.5, 0.6) is 5.75 Å². The Bertz CT molecular complexity index is 908. The molecule has 1 atom stereocenters. The molecule has 2 heterocycles. The van der Waals surface area contributed by atoms with Crippen molar-refractivity contribution in [3.63, 3.8) is 0 Å². The number of nitrogens with zero attached hydrogens (tertiary/aromatic N) is 3. The molecule has 0 bridgehead atoms. The van der Waals surface area contributed by atoms with Crippen LogP contribution in [0.1, 0.15) is 43.6 Å². The Morgan fingerprint density at radius 3 is 2.68 bits per heavy atom. The lowest BCUT2D eigenvalue weighted by atomic mass is 10.0. The zero-order chi connectivity index (χ0) is 19.9. The van der Waals surface area contributed by atoms with E-state index in [-0.39, 0.29) is 18.6 Å². The summed E-state index contributed by atoms with van der Waals surface area (Å²) >= 11 is 1.73. The highest BCUT2D eigenvalue weighted by atomic mass is 32.2. The van der Waals surface area contributed by atoms with Crippen molar-refractivity contribution in [3.05, 3.63) is 60.0 Å². The number of benzene rings is 1. The van der Waals surface area contributed by atoms with Crippen molar-refractivity contribution in [3.8, 4) is 5.75 Å². The number of rotatable bonds is 9. The summed E-state index contributed by atoms with van der Waals surface area (Å²) in [4.78, 5) is 12.5. The van der Waals surface area contributed by atoms with Crippen LogP contribution in [-0.2, 0) is 4.79 Å². The van der Waals surface area contributed by atoms with E-state index >= 15 is 0 Å². The van der Waals surface area contributed by atoms with Gasteiger partial charge >= 0.3 is 0 Å². The summed E-state index contributed by atoms with van der Waals surface area (Å²) in [5, 5.41) is 11.5. The van der Waals surface area contributed by atoms with Gasteiger partial charge in [-0.05, 0) is 54.2 Å². The molecule has 3 rings (SSSR count). The number of thioether (sulfide) groups is 1. The molecule has 7 heteroatoms. The van der Waals surface area contributed by atoms with Gasteiger partial charge in [-0.15, -0.1) is 10.2 Å². The highest BCUT2D eigenvalue weighted by molar-refractivity contribution is 7.98. The maximum absolute atomic E-state index is 12.5. The molecule has 1 N–H and O–H groups in total. The fourth-order valence-corrected chi connectivity index (χ4v) is 3.40. The number of carbonyl (C=O) groups excluding carboxylic acids is 1. The normalized spacial score (nSPS) is 12.3. The van der Waals surface area contributed by atoms with Gasteiger partial charge in [0.05, 0.1) is 6.04 Å². The number of hydrogen-bond donors (Lipinski definition) is 1. The summed E-state index contributed by atoms with van der Waals surface area (Å²) in [5.74, 6) is 2.62. The first kappa shape index (κ1) is 20.2. The summed E-state index contributed by atoms with van der Waals surface area (Å²) in [5.41, 5.74) is 2.01. The highest BCUT2D eigenvalue weighted by Crippen LogP contribution is 2.20. The quantitative estimate of drug-likeness (QED) is 0.593. The van der Waals surface area contributed by atoms with Crippen molar-refractivity contribution in [1.82, 2.24) is 19.9 Å². The van der Waals surface area contributed by atoms with E-state index in [9.17, 15) is 4.79 Å². The molecular weight excluding hydrogens is 372 g/mol. The minimum atomic E-state index is -0.218. The molecule has 28 heavy (non-hydrogen) atoms. The lowest BCUT2D eigenvalue weighted by Gasteiger charge is -2.17. The summed E-state index contributed by atoms with van der Waals surface area (Å²) < 4.78 is 7.57. The standard InChI is InChI=1S/C21H26N4O2S/c1-15(2)16-7-9-17(10-8-16)27-14-20(26)22-18(11-13-28-3)21-24-23-19-6-4-5-12-25(19)21/h4-10,12,15,18H,11,13-14H2,1-3H3,(H,22,26). The van der Waals surface area contributed by atoms with Gasteiger partial charge in [0.25, 0.3) is 5.91 Å². The number of fused-ring (bicyclic) bond motifs is 1. The molecule has 1 aromatic carbocycles. The first-order chi connectivity index (χ1) is 13.6. The van der Waals surface area contributed by atoms with E-state index in [0.717, 1.165) is 23.6 Å². The lowest BCUT2D eigenvalue weighted by molar-refractivity contribution is -0.123. The molecule has 0 radical (unpaired) electrons. The smallest absolute Gasteiger partial charge is 0.258 e. The van der Waals surface area contributed by atoms with Crippen molar-refractivity contribution < 1.29 is 9.53 Å². The van der Waals surface area contributed by atoms with Crippen LogP contribution in [0.3, 0.4) is 0 Å². The predicted octanol–water partition coefficient (Wildman–Crippen LogP) is 3.84. The number of pyridine rings is 1. The molecule has 2 aromatic heterocycles. The number of ether oxygens (including phenoxy) is 1. The second-order valence-corrected chi connectivity index (χ2v) is 7.89. The van der Waals surface area contributed by atoms with Gasteiger partial charge < -0.3 is 10.1 Å². The van der Waals surface area contributed by atoms with Crippen LogP contribution >= 0.6 is 11.8 Å². The number of carbonyl (C=O) groups is 1. The van der Waals surface area contributed by atoms with E-state index in [1.54, 1.807) is 11.8 Å². The van der Waals surface area contributed by atoms with Crippen LogP contribution in [0.2, 0.25) is 0 Å². The molecule has 6 nitrogen and oxygen atoms in total. The fraction of sp³-hybridized carbons (Fsp3) is 0.381. The lowest BCUT2D eigenvalue weighted by Crippen LogP contribution is -2.34. The van der Waals surface area contributed by atoms with Crippen molar-refractivity contribution in [2.75, 3.05) is 18.6 Å². The first-order valence-corrected chi connectivity index (χ1v) is 10.8. The molecule has 1 amide bonds. The third-order valence-electron chi connectivity index (χ3n) is 4.51. The average molecular weight is 399 g/mol. The van der Waals surface area contributed by atoms with Crippen molar-refractivity contribution in [1.29, 1.82) is 0 Å². The highest BCUT2D eigenvalue weighted by Gasteiger charge is 2.20. The van der Waals surface area contributed by atoms with Gasteiger partial charge in [-0.2, -0.15) is 11.8 Å². The minimum absolute atomic E-state index is 0.0342. The Morgan fingerprint density at radius 1 is 1.18 bits per heavy atom. The zero-order valence-corrected chi connectivity index (χ0v) is 17.3. The van der Waals surface area contributed by atoms with Gasteiger partial charge in [0.2, 0.25) is 0 Å². The summed E-state index contributed by atoms with van der Waals surface area (Å²) in [7, 11) is 0. The Morgan fingerprint density at radius 2 is 1.96 bits per heavy atom. The molecule has 0 aliphatic heterocycles. The van der Waals surface area contributed by atoms with Crippen LogP contribution in [0, 0.1) is 0 Å². The molecule has 0 saturated heterocycles. The Kier molecular flexibility index (Phi) is 6.92. The van der Waals surface area contributed by atoms with Crippen LogP contribution < -0.4 is 10.1 Å². The number of aromatic nitrogens is 3. The second kappa shape index (κ2) is 9.59. The van der Waals surface area contributed by atoms with Crippen molar-refractivity contribution in [2.45, 2.75) is 32.2 Å². The van der Waals surface area contributed by atoms with Crippen LogP contribution in [0.15, 0.2) is 48.7 Å². The van der Waals surface area contributed by atoms with E-state index in [4.69, 9.17) is 4.74 Å². The van der Waals surface area contributed by atoms with E-state index < -0.39 is 0 Å². The van der Waals surface area contributed by atoms with E-state index in [2.05, 4.69) is 29.4 Å². The molecule has 0 spiro atoms. The molecule has 0 aliphatic carbocycles. The van der Waals surface area contributed by atoms with Gasteiger partial charge in [0.1, 0.15) is 5.75 Å². The van der Waals surface area contributed by atoms with E-state index in [1.807, 2.05) is 59.3 Å². The van der Waals surface area contributed by atoms with Gasteiger partial charge in [0, 0.05) is 6.20 Å². The number of nitrogens with one attached hydrogen (secondary N) is 1. The fourth-order valence-electron chi connectivity index (χ4n) is 2.93. The van der Waals surface area contributed by atoms with E-state index in [1.165, 1.54) is 5.56 Å². The molecular formula is C21H26N4O2S. The van der Waals surface area contributed by atoms with Gasteiger partial charge in [-0.1, -0.05) is 32.0 Å². The maximum atomic E-state index is 12.5. The number of amides is 1. The third kappa shape index (κ3) is 5.04. The molecule has 3 aromatic rings. The minimum Gasteiger partial charge on any atom is -0.484 e. The summed E-state index contributed by atoms with van der Waals surface area (Å²) in [6.45, 7) is 4.26. The Labute approximate surface area is 169 Å². The van der Waals surface area contributed by atoms with Crippen LogP contribution in [0.4, 0.5) is 0 Å². The van der Waals surface area contributed by atoms with E-state index in [0.29, 0.717) is 11.7 Å². The average Bonchev–Trinajstić information content (AvgIpc) is 3.14. The third-order valence-corrected chi connectivity index (χ3v) is 5.16. The molecule has 1 unspecified atom stereocenters. The monoisotopic (exact) mass is 398 g/mol. The van der Waals surface area contributed by atoms with Crippen molar-refractivity contribution >= 4 is 23.3 Å². The van der Waals surface area contributed by atoms with Crippen molar-refractivity contribution in [2.24, 2.45) is 0 Å². The topological polar surface area (TPSA) is 68.5 Å². The molecule has 148 valence electrons. The number of hydrogen-bond acceptors (Lipinski definition) is 5. The molecule has 0 saturated carbocycles. The first-order valence-electron chi connectivity index (χ1n) is 9.39. The molecule has 0 fully saturated rings. The summed E-state index contributed by atoms with van der Waals surface area (Å²) in [6.07, 6.45) is 4.73. The predicted molar refractivity (Wildman–Crippen MR) is 113 cm³/mol. The Balaban J connectivity index is 1.64.